The van der Waals surface area contributed by atoms with Crippen molar-refractivity contribution >= 4 is 28.4 Å². The zero-order valence-electron chi connectivity index (χ0n) is 11.5. The zero-order chi connectivity index (χ0) is 14.7. The van der Waals surface area contributed by atoms with Gasteiger partial charge in [0.25, 0.3) is 5.91 Å². The Morgan fingerprint density at radius 1 is 1.40 bits per heavy atom. The van der Waals surface area contributed by atoms with Crippen LogP contribution in [0.15, 0.2) is 30.3 Å². The van der Waals surface area contributed by atoms with Gasteiger partial charge in [-0.2, -0.15) is 0 Å². The number of halogens is 1. The average Bonchev–Trinajstić information content (AvgIpc) is 2.43. The second-order valence-corrected chi connectivity index (χ2v) is 5.29. The molecule has 0 bridgehead atoms. The maximum Gasteiger partial charge on any atom is 0.253 e. The first kappa shape index (κ1) is 14.8. The molecule has 2 aromatic rings. The van der Waals surface area contributed by atoms with Gasteiger partial charge in [-0.15, -0.1) is 0 Å². The van der Waals surface area contributed by atoms with Crippen LogP contribution in [0.2, 0.25) is 5.15 Å². The van der Waals surface area contributed by atoms with Crippen LogP contribution in [-0.2, 0) is 0 Å². The minimum atomic E-state index is -0.409. The molecule has 1 aromatic carbocycles. The highest BCUT2D eigenvalue weighted by atomic mass is 35.5. The number of aromatic nitrogens is 1. The molecular weight excluding hydrogens is 276 g/mol. The largest absolute Gasteiger partial charge is 0.393 e. The van der Waals surface area contributed by atoms with Gasteiger partial charge in [-0.3, -0.25) is 4.79 Å². The van der Waals surface area contributed by atoms with Gasteiger partial charge in [0.2, 0.25) is 0 Å². The molecule has 0 aliphatic heterocycles. The Balaban J connectivity index is 2.20. The van der Waals surface area contributed by atoms with Crippen molar-refractivity contribution in [1.29, 1.82) is 0 Å². The SMILES string of the molecule is CC(O)CCN(C)C(=O)c1ccc2nc(Cl)ccc2c1. The molecular formula is C15H17ClN2O2. The lowest BCUT2D eigenvalue weighted by Crippen LogP contribution is -2.29. The number of pyridine rings is 1. The number of nitrogens with zero attached hydrogens (tertiary/aromatic N) is 2. The monoisotopic (exact) mass is 292 g/mol. The molecule has 0 radical (unpaired) electrons. The summed E-state index contributed by atoms with van der Waals surface area (Å²) in [6.45, 7) is 2.23. The Morgan fingerprint density at radius 2 is 2.15 bits per heavy atom. The minimum Gasteiger partial charge on any atom is -0.393 e. The molecule has 2 rings (SSSR count). The second-order valence-electron chi connectivity index (χ2n) is 4.91. The van der Waals surface area contributed by atoms with E-state index in [1.54, 1.807) is 43.1 Å². The van der Waals surface area contributed by atoms with Gasteiger partial charge in [-0.25, -0.2) is 4.98 Å². The van der Waals surface area contributed by atoms with Crippen molar-refractivity contribution < 1.29 is 9.90 Å². The molecule has 1 unspecified atom stereocenters. The van der Waals surface area contributed by atoms with Gasteiger partial charge in [-0.1, -0.05) is 11.6 Å². The summed E-state index contributed by atoms with van der Waals surface area (Å²) in [5, 5.41) is 10.6. The van der Waals surface area contributed by atoms with Gasteiger partial charge in [0.05, 0.1) is 11.6 Å². The van der Waals surface area contributed by atoms with E-state index in [1.807, 2.05) is 6.07 Å². The van der Waals surface area contributed by atoms with E-state index >= 15 is 0 Å². The number of amides is 1. The normalized spacial score (nSPS) is 12.4. The lowest BCUT2D eigenvalue weighted by molar-refractivity contribution is 0.0769. The molecule has 0 saturated heterocycles. The number of hydrogen-bond acceptors (Lipinski definition) is 3. The predicted octanol–water partition coefficient (Wildman–Crippen LogP) is 2.73. The number of aliphatic hydroxyl groups is 1. The van der Waals surface area contributed by atoms with Crippen molar-refractivity contribution in [2.24, 2.45) is 0 Å². The van der Waals surface area contributed by atoms with Crippen LogP contribution in [0.25, 0.3) is 10.9 Å². The second kappa shape index (κ2) is 6.20. The summed E-state index contributed by atoms with van der Waals surface area (Å²) in [4.78, 5) is 18.1. The Morgan fingerprint density at radius 3 is 2.85 bits per heavy atom. The molecule has 20 heavy (non-hydrogen) atoms. The van der Waals surface area contributed by atoms with Gasteiger partial charge in [-0.05, 0) is 43.7 Å². The van der Waals surface area contributed by atoms with E-state index in [2.05, 4.69) is 4.98 Å². The van der Waals surface area contributed by atoms with Gasteiger partial charge in [0, 0.05) is 24.5 Å². The molecule has 5 heteroatoms. The fourth-order valence-electron chi connectivity index (χ4n) is 1.94. The maximum absolute atomic E-state index is 12.3. The number of fused-ring (bicyclic) bond motifs is 1. The summed E-state index contributed by atoms with van der Waals surface area (Å²) < 4.78 is 0. The summed E-state index contributed by atoms with van der Waals surface area (Å²) >= 11 is 5.83. The van der Waals surface area contributed by atoms with Crippen molar-refractivity contribution in [3.05, 3.63) is 41.0 Å². The van der Waals surface area contributed by atoms with Gasteiger partial charge < -0.3 is 10.0 Å². The molecule has 106 valence electrons. The first-order valence-corrected chi connectivity index (χ1v) is 6.85. The van der Waals surface area contributed by atoms with Crippen molar-refractivity contribution in [3.8, 4) is 0 Å². The third-order valence-electron chi connectivity index (χ3n) is 3.13. The Bertz CT molecular complexity index is 628. The summed E-state index contributed by atoms with van der Waals surface area (Å²) in [7, 11) is 1.73. The van der Waals surface area contributed by atoms with Crippen LogP contribution in [0.5, 0.6) is 0 Å². The molecule has 1 aromatic heterocycles. The van der Waals surface area contributed by atoms with Gasteiger partial charge in [0.1, 0.15) is 5.15 Å². The Kier molecular flexibility index (Phi) is 4.57. The topological polar surface area (TPSA) is 53.4 Å². The average molecular weight is 293 g/mol. The zero-order valence-corrected chi connectivity index (χ0v) is 12.3. The summed E-state index contributed by atoms with van der Waals surface area (Å²) in [6, 6.07) is 8.89. The van der Waals surface area contributed by atoms with E-state index < -0.39 is 6.10 Å². The van der Waals surface area contributed by atoms with E-state index in [1.165, 1.54) is 0 Å². The third-order valence-corrected chi connectivity index (χ3v) is 3.34. The molecule has 1 atom stereocenters. The molecule has 1 heterocycles. The van der Waals surface area contributed by atoms with Gasteiger partial charge in [0.15, 0.2) is 0 Å². The number of carbonyl (C=O) groups excluding carboxylic acids is 1. The fourth-order valence-corrected chi connectivity index (χ4v) is 2.09. The molecule has 0 spiro atoms. The van der Waals surface area contributed by atoms with Crippen molar-refractivity contribution in [3.63, 3.8) is 0 Å². The number of aliphatic hydroxyl groups excluding tert-OH is 1. The van der Waals surface area contributed by atoms with E-state index in [4.69, 9.17) is 11.6 Å². The van der Waals surface area contributed by atoms with Crippen LogP contribution in [0.1, 0.15) is 23.7 Å². The molecule has 0 aliphatic carbocycles. The summed E-state index contributed by atoms with van der Waals surface area (Å²) in [5.41, 5.74) is 1.37. The molecule has 4 nitrogen and oxygen atoms in total. The minimum absolute atomic E-state index is 0.0671. The molecule has 0 aliphatic rings. The predicted molar refractivity (Wildman–Crippen MR) is 80.0 cm³/mol. The number of carbonyl (C=O) groups is 1. The lowest BCUT2D eigenvalue weighted by Gasteiger charge is -2.18. The Hall–Kier alpha value is -1.65. The standard InChI is InChI=1S/C15H17ClN2O2/c1-10(19)7-8-18(2)15(20)12-3-5-13-11(9-12)4-6-14(16)17-13/h3-6,9-10,19H,7-8H2,1-2H3. The van der Waals surface area contributed by atoms with Gasteiger partial charge >= 0.3 is 0 Å². The molecule has 1 amide bonds. The molecule has 0 saturated carbocycles. The quantitative estimate of drug-likeness (QED) is 0.882. The third kappa shape index (κ3) is 3.46. The van der Waals surface area contributed by atoms with E-state index in [0.717, 1.165) is 10.9 Å². The van der Waals surface area contributed by atoms with Crippen LogP contribution in [0.4, 0.5) is 0 Å². The summed E-state index contributed by atoms with van der Waals surface area (Å²) in [5.74, 6) is -0.0671. The first-order chi connectivity index (χ1) is 9.47. The number of rotatable bonds is 4. The van der Waals surface area contributed by atoms with Crippen molar-refractivity contribution in [1.82, 2.24) is 9.88 Å². The number of hydrogen-bond donors (Lipinski definition) is 1. The Labute approximate surface area is 123 Å². The van der Waals surface area contributed by atoms with Crippen LogP contribution in [0, 0.1) is 0 Å². The van der Waals surface area contributed by atoms with Crippen LogP contribution < -0.4 is 0 Å². The van der Waals surface area contributed by atoms with Crippen LogP contribution >= 0.6 is 11.6 Å². The molecule has 1 N–H and O–H groups in total. The first-order valence-electron chi connectivity index (χ1n) is 6.47. The van der Waals surface area contributed by atoms with Crippen molar-refractivity contribution in [2.45, 2.75) is 19.4 Å². The molecule has 0 fully saturated rings. The number of benzene rings is 1. The van der Waals surface area contributed by atoms with E-state index in [9.17, 15) is 9.90 Å². The smallest absolute Gasteiger partial charge is 0.253 e. The van der Waals surface area contributed by atoms with Crippen molar-refractivity contribution in [2.75, 3.05) is 13.6 Å². The van der Waals surface area contributed by atoms with Crippen LogP contribution in [-0.4, -0.2) is 40.6 Å². The van der Waals surface area contributed by atoms with E-state index in [-0.39, 0.29) is 5.91 Å². The summed E-state index contributed by atoms with van der Waals surface area (Å²) in [6.07, 6.45) is 0.153. The highest BCUT2D eigenvalue weighted by molar-refractivity contribution is 6.29. The maximum atomic E-state index is 12.3. The lowest BCUT2D eigenvalue weighted by atomic mass is 10.1. The van der Waals surface area contributed by atoms with E-state index in [0.29, 0.717) is 23.7 Å². The fraction of sp³-hybridized carbons (Fsp3) is 0.333. The van der Waals surface area contributed by atoms with Crippen LogP contribution in [0.3, 0.4) is 0 Å². The highest BCUT2D eigenvalue weighted by Crippen LogP contribution is 2.18. The highest BCUT2D eigenvalue weighted by Gasteiger charge is 2.13.